The van der Waals surface area contributed by atoms with E-state index in [4.69, 9.17) is 4.74 Å². The predicted octanol–water partition coefficient (Wildman–Crippen LogP) is 2.79. The molecule has 0 saturated carbocycles. The van der Waals surface area contributed by atoms with Gasteiger partial charge in [-0.2, -0.15) is 13.2 Å². The van der Waals surface area contributed by atoms with Crippen molar-refractivity contribution in [1.82, 2.24) is 5.32 Å². The summed E-state index contributed by atoms with van der Waals surface area (Å²) in [6, 6.07) is 11.3. The van der Waals surface area contributed by atoms with Crippen molar-refractivity contribution >= 4 is 17.5 Å². The number of carbonyl (C=O) groups excluding carboxylic acids is 2. The minimum absolute atomic E-state index is 0.0240. The minimum atomic E-state index is -4.42. The minimum Gasteiger partial charge on any atom is -0.477 e. The molecule has 1 atom stereocenters. The molecule has 27 heavy (non-hydrogen) atoms. The summed E-state index contributed by atoms with van der Waals surface area (Å²) in [5.41, 5.74) is 0.207. The van der Waals surface area contributed by atoms with Crippen LogP contribution in [-0.2, 0) is 22.2 Å². The van der Waals surface area contributed by atoms with Crippen molar-refractivity contribution < 1.29 is 27.5 Å². The van der Waals surface area contributed by atoms with Gasteiger partial charge in [0, 0.05) is 7.05 Å². The molecule has 0 aliphatic carbocycles. The van der Waals surface area contributed by atoms with Crippen LogP contribution in [0.2, 0.25) is 0 Å². The van der Waals surface area contributed by atoms with Crippen LogP contribution < -0.4 is 15.0 Å². The smallest absolute Gasteiger partial charge is 0.416 e. The second kappa shape index (κ2) is 7.30. The monoisotopic (exact) mass is 378 g/mol. The molecule has 1 unspecified atom stereocenters. The molecule has 1 heterocycles. The van der Waals surface area contributed by atoms with Crippen LogP contribution in [0.5, 0.6) is 5.75 Å². The first kappa shape index (κ1) is 18.8. The molecule has 2 aromatic rings. The first-order valence-electron chi connectivity index (χ1n) is 8.23. The number of hydrogen-bond donors (Lipinski definition) is 1. The van der Waals surface area contributed by atoms with Gasteiger partial charge in [0.2, 0.25) is 5.91 Å². The number of nitrogens with one attached hydrogen (secondary N) is 1. The highest BCUT2D eigenvalue weighted by atomic mass is 19.4. The van der Waals surface area contributed by atoms with Crippen LogP contribution >= 0.6 is 0 Å². The normalized spacial score (nSPS) is 16.3. The molecule has 3 rings (SSSR count). The maximum absolute atomic E-state index is 12.8. The third-order valence-corrected chi connectivity index (χ3v) is 4.25. The van der Waals surface area contributed by atoms with E-state index in [2.05, 4.69) is 5.32 Å². The van der Waals surface area contributed by atoms with Crippen LogP contribution in [0.15, 0.2) is 48.5 Å². The maximum atomic E-state index is 12.8. The van der Waals surface area contributed by atoms with Crippen molar-refractivity contribution in [1.29, 1.82) is 0 Å². The first-order valence-corrected chi connectivity index (χ1v) is 8.23. The van der Waals surface area contributed by atoms with E-state index >= 15 is 0 Å². The van der Waals surface area contributed by atoms with Gasteiger partial charge in [0.15, 0.2) is 6.10 Å². The Morgan fingerprint density at radius 3 is 2.44 bits per heavy atom. The first-order chi connectivity index (χ1) is 12.8. The number of para-hydroxylation sites is 2. The highest BCUT2D eigenvalue weighted by Crippen LogP contribution is 2.34. The highest BCUT2D eigenvalue weighted by Gasteiger charge is 2.33. The lowest BCUT2D eigenvalue weighted by atomic mass is 10.1. The molecule has 2 amide bonds. The van der Waals surface area contributed by atoms with Gasteiger partial charge in [-0.1, -0.05) is 24.3 Å². The van der Waals surface area contributed by atoms with Crippen LogP contribution in [0.25, 0.3) is 0 Å². The topological polar surface area (TPSA) is 58.6 Å². The SMILES string of the molecule is CNC(=O)C1CN(C(=O)Cc2ccc(C(F)(F)F)cc2)c2ccccc2O1. The fraction of sp³-hybridized carbons (Fsp3) is 0.263. The van der Waals surface area contributed by atoms with Crippen LogP contribution in [-0.4, -0.2) is 31.5 Å². The maximum Gasteiger partial charge on any atom is 0.416 e. The van der Waals surface area contributed by atoms with Crippen LogP contribution in [0, 0.1) is 0 Å². The summed E-state index contributed by atoms with van der Waals surface area (Å²) in [4.78, 5) is 26.2. The van der Waals surface area contributed by atoms with Crippen molar-refractivity contribution in [2.24, 2.45) is 0 Å². The van der Waals surface area contributed by atoms with E-state index in [1.165, 1.54) is 24.1 Å². The number of amides is 2. The Hall–Kier alpha value is -3.03. The van der Waals surface area contributed by atoms with Crippen LogP contribution in [0.1, 0.15) is 11.1 Å². The number of ether oxygens (including phenoxy) is 1. The average molecular weight is 378 g/mol. The lowest BCUT2D eigenvalue weighted by Crippen LogP contribution is -2.50. The molecule has 142 valence electrons. The fourth-order valence-corrected chi connectivity index (χ4v) is 2.85. The predicted molar refractivity (Wildman–Crippen MR) is 92.4 cm³/mol. The second-order valence-corrected chi connectivity index (χ2v) is 6.06. The molecule has 0 radical (unpaired) electrons. The Morgan fingerprint density at radius 2 is 1.81 bits per heavy atom. The van der Waals surface area contributed by atoms with Gasteiger partial charge >= 0.3 is 6.18 Å². The second-order valence-electron chi connectivity index (χ2n) is 6.06. The Morgan fingerprint density at radius 1 is 1.15 bits per heavy atom. The Labute approximate surface area is 153 Å². The number of likely N-dealkylation sites (N-methyl/N-ethyl adjacent to an activating group) is 1. The number of hydrogen-bond acceptors (Lipinski definition) is 3. The zero-order valence-corrected chi connectivity index (χ0v) is 14.4. The molecule has 1 N–H and O–H groups in total. The van der Waals surface area contributed by atoms with Crippen molar-refractivity contribution in [2.75, 3.05) is 18.5 Å². The van der Waals surface area contributed by atoms with E-state index in [1.807, 2.05) is 0 Å². The van der Waals surface area contributed by atoms with Crippen molar-refractivity contribution in [3.05, 3.63) is 59.7 Å². The average Bonchev–Trinajstić information content (AvgIpc) is 2.66. The van der Waals surface area contributed by atoms with Gasteiger partial charge in [-0.05, 0) is 29.8 Å². The molecule has 0 aromatic heterocycles. The lowest BCUT2D eigenvalue weighted by molar-refractivity contribution is -0.137. The zero-order valence-electron chi connectivity index (χ0n) is 14.4. The van der Waals surface area contributed by atoms with E-state index in [0.717, 1.165) is 12.1 Å². The number of anilines is 1. The molecule has 0 bridgehead atoms. The Bertz CT molecular complexity index is 850. The molecule has 5 nitrogen and oxygen atoms in total. The largest absolute Gasteiger partial charge is 0.477 e. The van der Waals surface area contributed by atoms with Gasteiger partial charge in [-0.3, -0.25) is 9.59 Å². The van der Waals surface area contributed by atoms with Crippen molar-refractivity contribution in [3.63, 3.8) is 0 Å². The van der Waals surface area contributed by atoms with E-state index < -0.39 is 17.8 Å². The quantitative estimate of drug-likeness (QED) is 0.894. The number of fused-ring (bicyclic) bond motifs is 1. The zero-order chi connectivity index (χ0) is 19.6. The van der Waals surface area contributed by atoms with Crippen LogP contribution in [0.4, 0.5) is 18.9 Å². The van der Waals surface area contributed by atoms with E-state index in [-0.39, 0.29) is 24.8 Å². The highest BCUT2D eigenvalue weighted by molar-refractivity contribution is 5.98. The van der Waals surface area contributed by atoms with Crippen LogP contribution in [0.3, 0.4) is 0 Å². The van der Waals surface area contributed by atoms with Gasteiger partial charge in [0.1, 0.15) is 5.75 Å². The van der Waals surface area contributed by atoms with E-state index in [9.17, 15) is 22.8 Å². The number of nitrogens with zero attached hydrogens (tertiary/aromatic N) is 1. The molecular formula is C19H17F3N2O3. The molecule has 8 heteroatoms. The summed E-state index contributed by atoms with van der Waals surface area (Å²) < 4.78 is 43.6. The van der Waals surface area contributed by atoms with Gasteiger partial charge in [-0.25, -0.2) is 0 Å². The third kappa shape index (κ3) is 4.05. The summed E-state index contributed by atoms with van der Waals surface area (Å²) >= 11 is 0. The number of carbonyl (C=O) groups is 2. The van der Waals surface area contributed by atoms with Gasteiger partial charge in [0.05, 0.1) is 24.2 Å². The number of alkyl halides is 3. The van der Waals surface area contributed by atoms with E-state index in [0.29, 0.717) is 17.0 Å². The summed E-state index contributed by atoms with van der Waals surface area (Å²) in [5.74, 6) is -0.297. The molecular weight excluding hydrogens is 361 g/mol. The summed E-state index contributed by atoms with van der Waals surface area (Å²) in [7, 11) is 1.47. The number of benzene rings is 2. The Kier molecular flexibility index (Phi) is 5.07. The Balaban J connectivity index is 1.81. The molecule has 0 fully saturated rings. The van der Waals surface area contributed by atoms with Gasteiger partial charge < -0.3 is 15.0 Å². The molecule has 0 saturated heterocycles. The molecule has 1 aliphatic rings. The summed E-state index contributed by atoms with van der Waals surface area (Å²) in [6.07, 6.45) is -5.37. The molecule has 2 aromatic carbocycles. The standard InChI is InChI=1S/C19H17F3N2O3/c1-23-18(26)16-11-24(14-4-2-3-5-15(14)27-16)17(25)10-12-6-8-13(9-7-12)19(20,21)22/h2-9,16H,10-11H2,1H3,(H,23,26). The van der Waals surface area contributed by atoms with Crippen molar-refractivity contribution in [2.45, 2.75) is 18.7 Å². The number of halogens is 3. The van der Waals surface area contributed by atoms with Crippen molar-refractivity contribution in [3.8, 4) is 5.75 Å². The number of rotatable bonds is 3. The fourth-order valence-electron chi connectivity index (χ4n) is 2.85. The third-order valence-electron chi connectivity index (χ3n) is 4.25. The molecule has 1 aliphatic heterocycles. The summed E-state index contributed by atoms with van der Waals surface area (Å²) in [6.45, 7) is 0.0240. The van der Waals surface area contributed by atoms with E-state index in [1.54, 1.807) is 24.3 Å². The summed E-state index contributed by atoms with van der Waals surface area (Å²) in [5, 5.41) is 2.49. The lowest BCUT2D eigenvalue weighted by Gasteiger charge is -2.34. The van der Waals surface area contributed by atoms with Gasteiger partial charge in [-0.15, -0.1) is 0 Å². The molecule has 0 spiro atoms. The van der Waals surface area contributed by atoms with Gasteiger partial charge in [0.25, 0.3) is 5.91 Å².